The SMILES string of the molecule is CCOc1ccc(CCNC(=O)[C@H]2CNC[C@@H]2c2cnn(C)c2)cc1OCC.Cl. The molecule has 1 aliphatic heterocycles. The van der Waals surface area contributed by atoms with Gasteiger partial charge in [-0.25, -0.2) is 0 Å². The summed E-state index contributed by atoms with van der Waals surface area (Å²) in [6.45, 7) is 7.19. The monoisotopic (exact) mass is 422 g/mol. The van der Waals surface area contributed by atoms with Crippen LogP contribution in [0.25, 0.3) is 0 Å². The Hall–Kier alpha value is -2.25. The van der Waals surface area contributed by atoms with Crippen LogP contribution in [0, 0.1) is 5.92 Å². The number of aromatic nitrogens is 2. The first-order valence-electron chi connectivity index (χ1n) is 9.97. The molecule has 1 aromatic carbocycles. The van der Waals surface area contributed by atoms with Crippen LogP contribution in [0.5, 0.6) is 11.5 Å². The molecule has 7 nitrogen and oxygen atoms in total. The predicted octanol–water partition coefficient (Wildman–Crippen LogP) is 2.30. The lowest BCUT2D eigenvalue weighted by molar-refractivity contribution is -0.124. The molecule has 0 unspecified atom stereocenters. The van der Waals surface area contributed by atoms with Gasteiger partial charge in [0.2, 0.25) is 5.91 Å². The zero-order valence-corrected chi connectivity index (χ0v) is 18.1. The van der Waals surface area contributed by atoms with E-state index in [1.807, 2.05) is 51.5 Å². The minimum Gasteiger partial charge on any atom is -0.490 e. The van der Waals surface area contributed by atoms with Crippen LogP contribution in [0.1, 0.15) is 30.9 Å². The molecule has 0 spiro atoms. The van der Waals surface area contributed by atoms with Gasteiger partial charge in [0.1, 0.15) is 0 Å². The fourth-order valence-electron chi connectivity index (χ4n) is 3.65. The zero-order chi connectivity index (χ0) is 19.9. The molecule has 0 aliphatic carbocycles. The number of hydrogen-bond acceptors (Lipinski definition) is 5. The minimum atomic E-state index is -0.0662. The second kappa shape index (κ2) is 11.1. The van der Waals surface area contributed by atoms with Crippen LogP contribution < -0.4 is 20.1 Å². The van der Waals surface area contributed by atoms with E-state index in [2.05, 4.69) is 15.7 Å². The lowest BCUT2D eigenvalue weighted by atomic mass is 9.90. The minimum absolute atomic E-state index is 0. The number of ether oxygens (including phenoxy) is 2. The number of rotatable bonds is 9. The van der Waals surface area contributed by atoms with Crippen LogP contribution in [-0.2, 0) is 18.3 Å². The Balaban J connectivity index is 0.00000300. The number of benzene rings is 1. The van der Waals surface area contributed by atoms with Crippen molar-refractivity contribution in [2.45, 2.75) is 26.2 Å². The van der Waals surface area contributed by atoms with Crippen molar-refractivity contribution < 1.29 is 14.3 Å². The number of amides is 1. The van der Waals surface area contributed by atoms with Crippen LogP contribution in [0.3, 0.4) is 0 Å². The maximum absolute atomic E-state index is 12.7. The van der Waals surface area contributed by atoms with E-state index in [1.165, 1.54) is 0 Å². The van der Waals surface area contributed by atoms with Crippen molar-refractivity contribution in [3.8, 4) is 11.5 Å². The van der Waals surface area contributed by atoms with Crippen molar-refractivity contribution in [2.24, 2.45) is 13.0 Å². The molecule has 2 heterocycles. The van der Waals surface area contributed by atoms with Gasteiger partial charge in [-0.05, 0) is 43.5 Å². The van der Waals surface area contributed by atoms with Crippen molar-refractivity contribution in [2.75, 3.05) is 32.8 Å². The van der Waals surface area contributed by atoms with E-state index >= 15 is 0 Å². The summed E-state index contributed by atoms with van der Waals surface area (Å²) in [5.41, 5.74) is 2.22. The van der Waals surface area contributed by atoms with Crippen LogP contribution in [-0.4, -0.2) is 48.5 Å². The van der Waals surface area contributed by atoms with Crippen molar-refractivity contribution in [3.05, 3.63) is 41.7 Å². The Kier molecular flexibility index (Phi) is 8.79. The molecule has 1 aromatic heterocycles. The van der Waals surface area contributed by atoms with E-state index in [9.17, 15) is 4.79 Å². The highest BCUT2D eigenvalue weighted by Gasteiger charge is 2.34. The van der Waals surface area contributed by atoms with Crippen molar-refractivity contribution in [1.29, 1.82) is 0 Å². The van der Waals surface area contributed by atoms with Crippen molar-refractivity contribution >= 4 is 18.3 Å². The fraction of sp³-hybridized carbons (Fsp3) is 0.524. The maximum Gasteiger partial charge on any atom is 0.225 e. The normalized spacial score (nSPS) is 18.2. The highest BCUT2D eigenvalue weighted by Crippen LogP contribution is 2.29. The topological polar surface area (TPSA) is 77.4 Å². The van der Waals surface area contributed by atoms with Gasteiger partial charge in [-0.3, -0.25) is 9.48 Å². The van der Waals surface area contributed by atoms with E-state index in [1.54, 1.807) is 4.68 Å². The Morgan fingerprint density at radius 3 is 2.69 bits per heavy atom. The third-order valence-corrected chi connectivity index (χ3v) is 5.02. The first-order chi connectivity index (χ1) is 13.6. The van der Waals surface area contributed by atoms with E-state index in [4.69, 9.17) is 9.47 Å². The molecule has 2 aromatic rings. The summed E-state index contributed by atoms with van der Waals surface area (Å²) in [4.78, 5) is 12.7. The van der Waals surface area contributed by atoms with Crippen LogP contribution >= 0.6 is 12.4 Å². The molecule has 0 radical (unpaired) electrons. The van der Waals surface area contributed by atoms with Gasteiger partial charge >= 0.3 is 0 Å². The van der Waals surface area contributed by atoms with Crippen LogP contribution in [0.2, 0.25) is 0 Å². The summed E-state index contributed by atoms with van der Waals surface area (Å²) in [7, 11) is 1.90. The largest absolute Gasteiger partial charge is 0.490 e. The Labute approximate surface area is 178 Å². The zero-order valence-electron chi connectivity index (χ0n) is 17.3. The molecule has 2 N–H and O–H groups in total. The van der Waals surface area contributed by atoms with E-state index < -0.39 is 0 Å². The van der Waals surface area contributed by atoms with Gasteiger partial charge in [0, 0.05) is 38.8 Å². The summed E-state index contributed by atoms with van der Waals surface area (Å²) >= 11 is 0. The summed E-state index contributed by atoms with van der Waals surface area (Å²) in [6.07, 6.45) is 4.59. The number of nitrogens with one attached hydrogen (secondary N) is 2. The van der Waals surface area contributed by atoms with Gasteiger partial charge < -0.3 is 20.1 Å². The first-order valence-corrected chi connectivity index (χ1v) is 9.97. The number of aryl methyl sites for hydroxylation is 1. The van der Waals surface area contributed by atoms with Crippen molar-refractivity contribution in [3.63, 3.8) is 0 Å². The Bertz CT molecular complexity index is 796. The molecule has 29 heavy (non-hydrogen) atoms. The van der Waals surface area contributed by atoms with Crippen molar-refractivity contribution in [1.82, 2.24) is 20.4 Å². The standard InChI is InChI=1S/C21H30N4O3.ClH/c1-4-27-19-7-6-15(10-20(19)28-5-2)8-9-23-21(26)18-13-22-12-17(18)16-11-24-25(3)14-16;/h6-7,10-11,14,17-18,22H,4-5,8-9,12-13H2,1-3H3,(H,23,26);1H/t17-,18+;/m1./s1. The highest BCUT2D eigenvalue weighted by molar-refractivity contribution is 5.85. The molecule has 3 rings (SSSR count). The summed E-state index contributed by atoms with van der Waals surface area (Å²) in [5, 5.41) is 10.7. The number of carbonyl (C=O) groups excluding carboxylic acids is 1. The number of hydrogen-bond donors (Lipinski definition) is 2. The smallest absolute Gasteiger partial charge is 0.225 e. The molecule has 2 atom stereocenters. The van der Waals surface area contributed by atoms with Crippen LogP contribution in [0.15, 0.2) is 30.6 Å². The molecular formula is C21H31ClN4O3. The first kappa shape index (κ1) is 23.0. The quantitative estimate of drug-likeness (QED) is 0.648. The Morgan fingerprint density at radius 1 is 1.24 bits per heavy atom. The van der Waals surface area contributed by atoms with E-state index in [-0.39, 0.29) is 30.2 Å². The molecule has 160 valence electrons. The number of carbonyl (C=O) groups is 1. The third-order valence-electron chi connectivity index (χ3n) is 5.02. The Morgan fingerprint density at radius 2 is 2.00 bits per heavy atom. The van der Waals surface area contributed by atoms with Gasteiger partial charge in [-0.1, -0.05) is 6.07 Å². The molecule has 0 saturated carbocycles. The summed E-state index contributed by atoms with van der Waals surface area (Å²) in [5.74, 6) is 1.71. The molecule has 1 amide bonds. The molecule has 1 saturated heterocycles. The second-order valence-electron chi connectivity index (χ2n) is 7.01. The summed E-state index contributed by atoms with van der Waals surface area (Å²) in [6, 6.07) is 5.95. The number of halogens is 1. The van der Waals surface area contributed by atoms with E-state index in [0.29, 0.717) is 26.3 Å². The lowest BCUT2D eigenvalue weighted by Crippen LogP contribution is -2.35. The highest BCUT2D eigenvalue weighted by atomic mass is 35.5. The third kappa shape index (κ3) is 5.87. The summed E-state index contributed by atoms with van der Waals surface area (Å²) < 4.78 is 13.1. The molecule has 1 fully saturated rings. The van der Waals surface area contributed by atoms with Gasteiger partial charge in [-0.15, -0.1) is 12.4 Å². The number of nitrogens with zero attached hydrogens (tertiary/aromatic N) is 2. The van der Waals surface area contributed by atoms with Gasteiger partial charge in [0.05, 0.1) is 25.3 Å². The average Bonchev–Trinajstić information content (AvgIpc) is 3.33. The maximum atomic E-state index is 12.7. The van der Waals surface area contributed by atoms with E-state index in [0.717, 1.165) is 35.6 Å². The van der Waals surface area contributed by atoms with Gasteiger partial charge in [0.15, 0.2) is 11.5 Å². The molecule has 1 aliphatic rings. The molecule has 0 bridgehead atoms. The lowest BCUT2D eigenvalue weighted by Gasteiger charge is -2.17. The van der Waals surface area contributed by atoms with Gasteiger partial charge in [-0.2, -0.15) is 5.10 Å². The fourth-order valence-corrected chi connectivity index (χ4v) is 3.65. The molecule has 8 heteroatoms. The van der Waals surface area contributed by atoms with Gasteiger partial charge in [0.25, 0.3) is 0 Å². The average molecular weight is 423 g/mol. The second-order valence-corrected chi connectivity index (χ2v) is 7.01. The van der Waals surface area contributed by atoms with Crippen LogP contribution in [0.4, 0.5) is 0 Å². The molecular weight excluding hydrogens is 392 g/mol. The predicted molar refractivity (Wildman–Crippen MR) is 115 cm³/mol.